The number of carbonyl (C=O) groups is 2. The smallest absolute Gasteiger partial charge is 0.329 e. The number of aliphatic carboxylic acids is 1. The Morgan fingerprint density at radius 2 is 1.71 bits per heavy atom. The highest BCUT2D eigenvalue weighted by atomic mass is 16.4. The molecule has 120 valence electrons. The Morgan fingerprint density at radius 3 is 2.24 bits per heavy atom. The van der Waals surface area contributed by atoms with E-state index in [9.17, 15) is 14.7 Å². The highest BCUT2D eigenvalue weighted by Gasteiger charge is 2.41. The van der Waals surface area contributed by atoms with Crippen LogP contribution in [-0.2, 0) is 4.79 Å². The second-order valence-corrected chi connectivity index (χ2v) is 6.62. The molecule has 2 fully saturated rings. The summed E-state index contributed by atoms with van der Waals surface area (Å²) in [6.07, 6.45) is 6.49. The lowest BCUT2D eigenvalue weighted by molar-refractivity contribution is -0.148. The van der Waals surface area contributed by atoms with E-state index in [-0.39, 0.29) is 12.6 Å². The van der Waals surface area contributed by atoms with Crippen LogP contribution in [0.15, 0.2) is 0 Å². The largest absolute Gasteiger partial charge is 0.481 e. The predicted molar refractivity (Wildman–Crippen MR) is 79.7 cm³/mol. The van der Waals surface area contributed by atoms with Crippen LogP contribution in [-0.4, -0.2) is 40.7 Å². The fourth-order valence-corrected chi connectivity index (χ4v) is 3.57. The third-order valence-corrected chi connectivity index (χ3v) is 5.03. The summed E-state index contributed by atoms with van der Waals surface area (Å²) in [5, 5.41) is 14.1. The summed E-state index contributed by atoms with van der Waals surface area (Å²) in [6.45, 7) is 4.42. The van der Waals surface area contributed by atoms with Gasteiger partial charge in [0.2, 0.25) is 0 Å². The average molecular weight is 297 g/mol. The van der Waals surface area contributed by atoms with E-state index in [0.29, 0.717) is 24.9 Å². The number of carboxylic acids is 1. The van der Waals surface area contributed by atoms with Crippen molar-refractivity contribution in [2.45, 2.75) is 70.9 Å². The minimum absolute atomic E-state index is 0.213. The molecule has 2 rings (SSSR count). The molecule has 1 aliphatic heterocycles. The van der Waals surface area contributed by atoms with E-state index in [1.54, 1.807) is 0 Å². The Labute approximate surface area is 126 Å². The molecule has 2 atom stereocenters. The predicted octanol–water partition coefficient (Wildman–Crippen LogP) is 2.11. The molecule has 6 heteroatoms. The van der Waals surface area contributed by atoms with E-state index in [4.69, 9.17) is 0 Å². The van der Waals surface area contributed by atoms with Gasteiger partial charge in [-0.25, -0.2) is 9.80 Å². The van der Waals surface area contributed by atoms with Crippen LogP contribution in [0, 0.1) is 5.41 Å². The summed E-state index contributed by atoms with van der Waals surface area (Å²) >= 11 is 0. The van der Waals surface area contributed by atoms with Crippen LogP contribution in [0.5, 0.6) is 0 Å². The molecular formula is C15H27N3O3. The molecule has 0 bridgehead atoms. The van der Waals surface area contributed by atoms with Crippen molar-refractivity contribution in [2.75, 3.05) is 6.54 Å². The second kappa shape index (κ2) is 6.64. The maximum absolute atomic E-state index is 12.1. The summed E-state index contributed by atoms with van der Waals surface area (Å²) in [6, 6.07) is 0.349. The van der Waals surface area contributed by atoms with Gasteiger partial charge in [0.05, 0.1) is 5.41 Å². The summed E-state index contributed by atoms with van der Waals surface area (Å²) in [7, 11) is 0. The van der Waals surface area contributed by atoms with Gasteiger partial charge in [-0.1, -0.05) is 19.3 Å². The Hall–Kier alpha value is -1.30. The summed E-state index contributed by atoms with van der Waals surface area (Å²) < 4.78 is 0. The van der Waals surface area contributed by atoms with Gasteiger partial charge in [0, 0.05) is 18.6 Å². The van der Waals surface area contributed by atoms with Crippen molar-refractivity contribution in [3.05, 3.63) is 0 Å². The van der Waals surface area contributed by atoms with Crippen LogP contribution >= 0.6 is 0 Å². The van der Waals surface area contributed by atoms with Gasteiger partial charge in [0.25, 0.3) is 0 Å². The Morgan fingerprint density at radius 1 is 1.14 bits per heavy atom. The van der Waals surface area contributed by atoms with Gasteiger partial charge >= 0.3 is 12.0 Å². The van der Waals surface area contributed by atoms with Crippen LogP contribution in [0.3, 0.4) is 0 Å². The lowest BCUT2D eigenvalue weighted by Gasteiger charge is -2.38. The van der Waals surface area contributed by atoms with E-state index >= 15 is 0 Å². The number of nitrogens with one attached hydrogen (secondary N) is 2. The quantitative estimate of drug-likeness (QED) is 0.742. The van der Waals surface area contributed by atoms with Gasteiger partial charge in [-0.05, 0) is 39.5 Å². The number of carboxylic acid groups (broad SMARTS) is 1. The molecule has 1 aliphatic carbocycles. The first-order valence-corrected chi connectivity index (χ1v) is 8.01. The van der Waals surface area contributed by atoms with E-state index < -0.39 is 11.4 Å². The van der Waals surface area contributed by atoms with Crippen LogP contribution < -0.4 is 10.7 Å². The molecule has 1 heterocycles. The first-order chi connectivity index (χ1) is 9.94. The molecule has 2 unspecified atom stereocenters. The van der Waals surface area contributed by atoms with E-state index in [0.717, 1.165) is 25.7 Å². The van der Waals surface area contributed by atoms with E-state index in [1.807, 2.05) is 5.01 Å². The first kappa shape index (κ1) is 16.1. The normalized spacial score (nSPS) is 29.0. The molecule has 2 aliphatic rings. The second-order valence-electron chi connectivity index (χ2n) is 6.62. The summed E-state index contributed by atoms with van der Waals surface area (Å²) in [5.74, 6) is -0.792. The lowest BCUT2D eigenvalue weighted by atomic mass is 9.86. The maximum Gasteiger partial charge on any atom is 0.329 e. The standard InChI is InChI=1S/C15H27N3O3/c1-11-6-5-7-12(2)18(11)17-14(21)16-10-15(13(19)20)8-3-4-9-15/h11-12H,3-10H2,1-2H3,(H,19,20)(H2,16,17,21). The third-order valence-electron chi connectivity index (χ3n) is 5.03. The number of nitrogens with zero attached hydrogens (tertiary/aromatic N) is 1. The van der Waals surface area contributed by atoms with Crippen molar-refractivity contribution >= 4 is 12.0 Å². The van der Waals surface area contributed by atoms with Crippen molar-refractivity contribution < 1.29 is 14.7 Å². The zero-order chi connectivity index (χ0) is 15.5. The van der Waals surface area contributed by atoms with Crippen LogP contribution in [0.4, 0.5) is 4.79 Å². The minimum Gasteiger partial charge on any atom is -0.481 e. The monoisotopic (exact) mass is 297 g/mol. The molecule has 3 N–H and O–H groups in total. The summed E-state index contributed by atoms with van der Waals surface area (Å²) in [4.78, 5) is 23.5. The molecule has 6 nitrogen and oxygen atoms in total. The SMILES string of the molecule is CC1CCCC(C)N1NC(=O)NCC1(C(=O)O)CCCC1. The molecule has 1 saturated carbocycles. The number of carbonyl (C=O) groups excluding carboxylic acids is 1. The molecule has 0 aromatic heterocycles. The highest BCUT2D eigenvalue weighted by Crippen LogP contribution is 2.37. The molecule has 1 saturated heterocycles. The van der Waals surface area contributed by atoms with Crippen molar-refractivity contribution in [3.63, 3.8) is 0 Å². The molecule has 2 amide bonds. The molecule has 21 heavy (non-hydrogen) atoms. The number of hydrazine groups is 1. The van der Waals surface area contributed by atoms with Crippen LogP contribution in [0.1, 0.15) is 58.8 Å². The average Bonchev–Trinajstić information content (AvgIpc) is 2.91. The van der Waals surface area contributed by atoms with E-state index in [2.05, 4.69) is 24.6 Å². The van der Waals surface area contributed by atoms with Crippen molar-refractivity contribution in [1.29, 1.82) is 0 Å². The number of piperidine rings is 1. The zero-order valence-corrected chi connectivity index (χ0v) is 13.0. The van der Waals surface area contributed by atoms with Crippen LogP contribution in [0.25, 0.3) is 0 Å². The number of hydrogen-bond acceptors (Lipinski definition) is 3. The number of rotatable bonds is 4. The van der Waals surface area contributed by atoms with Gasteiger partial charge in [0.1, 0.15) is 0 Å². The Bertz CT molecular complexity index is 384. The van der Waals surface area contributed by atoms with Crippen molar-refractivity contribution in [2.24, 2.45) is 5.41 Å². The third kappa shape index (κ3) is 3.67. The van der Waals surface area contributed by atoms with Gasteiger partial charge in [0.15, 0.2) is 0 Å². The number of hydrogen-bond donors (Lipinski definition) is 3. The Kier molecular flexibility index (Phi) is 5.08. The van der Waals surface area contributed by atoms with Gasteiger partial charge in [-0.15, -0.1) is 0 Å². The molecule has 0 radical (unpaired) electrons. The van der Waals surface area contributed by atoms with Gasteiger partial charge < -0.3 is 10.4 Å². The van der Waals surface area contributed by atoms with Gasteiger partial charge in [-0.2, -0.15) is 0 Å². The topological polar surface area (TPSA) is 81.7 Å². The maximum atomic E-state index is 12.1. The molecule has 0 spiro atoms. The molecule has 0 aromatic carbocycles. The number of amides is 2. The minimum atomic E-state index is -0.792. The van der Waals surface area contributed by atoms with Crippen LogP contribution in [0.2, 0.25) is 0 Å². The van der Waals surface area contributed by atoms with E-state index in [1.165, 1.54) is 6.42 Å². The lowest BCUT2D eigenvalue weighted by Crippen LogP contribution is -2.57. The van der Waals surface area contributed by atoms with Gasteiger partial charge in [-0.3, -0.25) is 10.2 Å². The summed E-state index contributed by atoms with van der Waals surface area (Å²) in [5.41, 5.74) is 2.12. The molecule has 0 aromatic rings. The highest BCUT2D eigenvalue weighted by molar-refractivity contribution is 5.78. The Balaban J connectivity index is 1.85. The fourth-order valence-electron chi connectivity index (χ4n) is 3.57. The zero-order valence-electron chi connectivity index (χ0n) is 13.0. The fraction of sp³-hybridized carbons (Fsp3) is 0.867. The molecular weight excluding hydrogens is 270 g/mol. The van der Waals surface area contributed by atoms with Crippen molar-refractivity contribution in [1.82, 2.24) is 15.8 Å². The first-order valence-electron chi connectivity index (χ1n) is 8.01. The number of urea groups is 1. The van der Waals surface area contributed by atoms with Crippen molar-refractivity contribution in [3.8, 4) is 0 Å².